The summed E-state index contributed by atoms with van der Waals surface area (Å²) in [6.45, 7) is 1.69. The summed E-state index contributed by atoms with van der Waals surface area (Å²) in [5.41, 5.74) is 0.498. The number of para-hydroxylation sites is 1. The maximum absolute atomic E-state index is 13.3. The van der Waals surface area contributed by atoms with Gasteiger partial charge in [-0.05, 0) is 18.6 Å². The molecule has 5 heteroatoms. The standard InChI is InChI=1S/C14H10F3NO/c1-8-3-2-4-9(14(8)19)7-18-12-6-10(15)5-11(16)13(12)17/h2-7,19H,1H3. The Hall–Kier alpha value is -2.30. The molecule has 0 aliphatic rings. The molecule has 19 heavy (non-hydrogen) atoms. The molecule has 2 rings (SSSR count). The lowest BCUT2D eigenvalue weighted by Gasteiger charge is -2.02. The van der Waals surface area contributed by atoms with Gasteiger partial charge in [-0.1, -0.05) is 12.1 Å². The molecule has 0 saturated heterocycles. The van der Waals surface area contributed by atoms with Crippen molar-refractivity contribution in [1.82, 2.24) is 0 Å². The van der Waals surface area contributed by atoms with Crippen LogP contribution in [0.3, 0.4) is 0 Å². The lowest BCUT2D eigenvalue weighted by Crippen LogP contribution is -1.89. The maximum atomic E-state index is 13.3. The highest BCUT2D eigenvalue weighted by Gasteiger charge is 2.10. The van der Waals surface area contributed by atoms with Crippen LogP contribution in [-0.4, -0.2) is 11.3 Å². The molecule has 0 bridgehead atoms. The Balaban J connectivity index is 2.41. The summed E-state index contributed by atoms with van der Waals surface area (Å²) in [5.74, 6) is -3.46. The van der Waals surface area contributed by atoms with Gasteiger partial charge in [-0.25, -0.2) is 13.2 Å². The zero-order valence-electron chi connectivity index (χ0n) is 9.99. The van der Waals surface area contributed by atoms with E-state index in [0.29, 0.717) is 17.2 Å². The van der Waals surface area contributed by atoms with Crippen LogP contribution < -0.4 is 0 Å². The molecule has 0 spiro atoms. The summed E-state index contributed by atoms with van der Waals surface area (Å²) < 4.78 is 39.3. The zero-order chi connectivity index (χ0) is 14.0. The molecule has 0 aliphatic carbocycles. The minimum absolute atomic E-state index is 0.0106. The van der Waals surface area contributed by atoms with Crippen LogP contribution in [0, 0.1) is 24.4 Å². The molecule has 0 atom stereocenters. The highest BCUT2D eigenvalue weighted by atomic mass is 19.2. The number of halogens is 3. The molecule has 2 aromatic rings. The molecule has 0 aromatic heterocycles. The average Bonchev–Trinajstić information content (AvgIpc) is 2.36. The molecule has 2 aromatic carbocycles. The van der Waals surface area contributed by atoms with Gasteiger partial charge in [0.25, 0.3) is 0 Å². The number of phenolic OH excluding ortho intramolecular Hbond substituents is 1. The number of rotatable bonds is 2. The van der Waals surface area contributed by atoms with Crippen molar-refractivity contribution in [2.24, 2.45) is 4.99 Å². The Labute approximate surface area is 107 Å². The normalized spacial score (nSPS) is 11.2. The highest BCUT2D eigenvalue weighted by Crippen LogP contribution is 2.24. The van der Waals surface area contributed by atoms with Crippen molar-refractivity contribution in [2.45, 2.75) is 6.92 Å². The minimum atomic E-state index is -1.30. The van der Waals surface area contributed by atoms with Crippen LogP contribution in [0.1, 0.15) is 11.1 Å². The predicted octanol–water partition coefficient (Wildman–Crippen LogP) is 3.87. The Morgan fingerprint density at radius 3 is 2.63 bits per heavy atom. The van der Waals surface area contributed by atoms with Gasteiger partial charge in [-0.15, -0.1) is 0 Å². The first-order chi connectivity index (χ1) is 8.99. The Bertz CT molecular complexity index is 653. The highest BCUT2D eigenvalue weighted by molar-refractivity contribution is 5.85. The molecule has 0 aliphatic heterocycles. The number of benzene rings is 2. The number of aliphatic imine (C=N–C) groups is 1. The number of aryl methyl sites for hydroxylation is 1. The van der Waals surface area contributed by atoms with Crippen LogP contribution in [0.2, 0.25) is 0 Å². The molecular weight excluding hydrogens is 255 g/mol. The molecule has 1 N–H and O–H groups in total. The van der Waals surface area contributed by atoms with Gasteiger partial charge in [-0.3, -0.25) is 4.99 Å². The Kier molecular flexibility index (Phi) is 3.55. The summed E-state index contributed by atoms with van der Waals surface area (Å²) in [7, 11) is 0. The fourth-order valence-electron chi connectivity index (χ4n) is 1.56. The van der Waals surface area contributed by atoms with Crippen molar-refractivity contribution in [3.63, 3.8) is 0 Å². The van der Waals surface area contributed by atoms with E-state index in [0.717, 1.165) is 12.3 Å². The largest absolute Gasteiger partial charge is 0.507 e. The molecule has 98 valence electrons. The van der Waals surface area contributed by atoms with Gasteiger partial charge in [0.1, 0.15) is 17.3 Å². The van der Waals surface area contributed by atoms with E-state index in [9.17, 15) is 18.3 Å². The molecule has 0 heterocycles. The van der Waals surface area contributed by atoms with Crippen LogP contribution in [0.4, 0.5) is 18.9 Å². The van der Waals surface area contributed by atoms with Crippen LogP contribution in [0.5, 0.6) is 5.75 Å². The van der Waals surface area contributed by atoms with E-state index in [-0.39, 0.29) is 5.75 Å². The van der Waals surface area contributed by atoms with Crippen LogP contribution in [0.25, 0.3) is 0 Å². The van der Waals surface area contributed by atoms with Gasteiger partial charge >= 0.3 is 0 Å². The van der Waals surface area contributed by atoms with Crippen molar-refractivity contribution in [1.29, 1.82) is 0 Å². The second-order valence-corrected chi connectivity index (χ2v) is 3.99. The Morgan fingerprint density at radius 2 is 1.89 bits per heavy atom. The number of aromatic hydroxyl groups is 1. The number of nitrogens with zero attached hydrogens (tertiary/aromatic N) is 1. The molecule has 0 fully saturated rings. The third-order valence-corrected chi connectivity index (χ3v) is 2.59. The monoisotopic (exact) mass is 265 g/mol. The first-order valence-electron chi connectivity index (χ1n) is 5.46. The van der Waals surface area contributed by atoms with E-state index in [4.69, 9.17) is 0 Å². The first-order valence-corrected chi connectivity index (χ1v) is 5.46. The molecular formula is C14H10F3NO. The van der Waals surface area contributed by atoms with Crippen LogP contribution >= 0.6 is 0 Å². The van der Waals surface area contributed by atoms with Gasteiger partial charge in [0.05, 0.1) is 0 Å². The molecule has 0 radical (unpaired) electrons. The fraction of sp³-hybridized carbons (Fsp3) is 0.0714. The molecule has 0 amide bonds. The molecule has 2 nitrogen and oxygen atoms in total. The number of hydrogen-bond donors (Lipinski definition) is 1. The predicted molar refractivity (Wildman–Crippen MR) is 66.4 cm³/mol. The van der Waals surface area contributed by atoms with E-state index in [1.807, 2.05) is 0 Å². The van der Waals surface area contributed by atoms with Crippen LogP contribution in [-0.2, 0) is 0 Å². The summed E-state index contributed by atoms with van der Waals surface area (Å²) in [5, 5.41) is 9.72. The zero-order valence-corrected chi connectivity index (χ0v) is 9.99. The first kappa shape index (κ1) is 13.1. The van der Waals surface area contributed by atoms with Crippen molar-refractivity contribution >= 4 is 11.9 Å². The fourth-order valence-corrected chi connectivity index (χ4v) is 1.56. The van der Waals surface area contributed by atoms with Gasteiger partial charge in [0.2, 0.25) is 0 Å². The smallest absolute Gasteiger partial charge is 0.184 e. The quantitative estimate of drug-likeness (QED) is 0.649. The van der Waals surface area contributed by atoms with Crippen molar-refractivity contribution in [3.8, 4) is 5.75 Å². The summed E-state index contributed by atoms with van der Waals surface area (Å²) in [6, 6.07) is 6.15. The average molecular weight is 265 g/mol. The van der Waals surface area contributed by atoms with Gasteiger partial charge in [0.15, 0.2) is 11.6 Å². The van der Waals surface area contributed by atoms with E-state index in [2.05, 4.69) is 4.99 Å². The van der Waals surface area contributed by atoms with E-state index >= 15 is 0 Å². The van der Waals surface area contributed by atoms with Crippen molar-refractivity contribution < 1.29 is 18.3 Å². The molecule has 0 unspecified atom stereocenters. The van der Waals surface area contributed by atoms with E-state index < -0.39 is 23.1 Å². The van der Waals surface area contributed by atoms with E-state index in [1.165, 1.54) is 0 Å². The third kappa shape index (κ3) is 2.76. The van der Waals surface area contributed by atoms with E-state index in [1.54, 1.807) is 25.1 Å². The summed E-state index contributed by atoms with van der Waals surface area (Å²) in [4.78, 5) is 3.66. The number of phenols is 1. The number of hydrogen-bond acceptors (Lipinski definition) is 2. The van der Waals surface area contributed by atoms with Gasteiger partial charge in [0, 0.05) is 23.9 Å². The summed E-state index contributed by atoms with van der Waals surface area (Å²) >= 11 is 0. The van der Waals surface area contributed by atoms with Crippen molar-refractivity contribution in [3.05, 3.63) is 58.9 Å². The minimum Gasteiger partial charge on any atom is -0.507 e. The third-order valence-electron chi connectivity index (χ3n) is 2.59. The van der Waals surface area contributed by atoms with Crippen molar-refractivity contribution in [2.75, 3.05) is 0 Å². The Morgan fingerprint density at radius 1 is 1.16 bits per heavy atom. The lowest BCUT2D eigenvalue weighted by atomic mass is 10.1. The SMILES string of the molecule is Cc1cccc(C=Nc2cc(F)cc(F)c2F)c1O. The topological polar surface area (TPSA) is 32.6 Å². The second kappa shape index (κ2) is 5.14. The van der Waals surface area contributed by atoms with Gasteiger partial charge < -0.3 is 5.11 Å². The maximum Gasteiger partial charge on any atom is 0.184 e. The second-order valence-electron chi connectivity index (χ2n) is 3.99. The van der Waals surface area contributed by atoms with Gasteiger partial charge in [-0.2, -0.15) is 0 Å². The lowest BCUT2D eigenvalue weighted by molar-refractivity contribution is 0.470. The summed E-state index contributed by atoms with van der Waals surface area (Å²) in [6.07, 6.45) is 1.15. The molecule has 0 saturated carbocycles. The van der Waals surface area contributed by atoms with Crippen LogP contribution in [0.15, 0.2) is 35.3 Å².